The molecule has 1 aliphatic carbocycles. The Labute approximate surface area is 103 Å². The van der Waals surface area contributed by atoms with Gasteiger partial charge in [-0.1, -0.05) is 31.4 Å². The second-order valence-electron chi connectivity index (χ2n) is 5.04. The molecule has 2 rings (SSSR count). The Morgan fingerprint density at radius 3 is 2.65 bits per heavy atom. The zero-order valence-corrected chi connectivity index (χ0v) is 10.6. The molecule has 0 bridgehead atoms. The van der Waals surface area contributed by atoms with Gasteiger partial charge in [-0.2, -0.15) is 0 Å². The third-order valence-electron chi connectivity index (χ3n) is 3.77. The molecule has 1 aromatic carbocycles. The third-order valence-corrected chi connectivity index (χ3v) is 3.77. The van der Waals surface area contributed by atoms with Crippen molar-refractivity contribution in [3.63, 3.8) is 0 Å². The van der Waals surface area contributed by atoms with Gasteiger partial charge in [-0.3, -0.25) is 0 Å². The van der Waals surface area contributed by atoms with Gasteiger partial charge < -0.3 is 5.32 Å². The first kappa shape index (κ1) is 12.6. The first-order chi connectivity index (χ1) is 8.31. The van der Waals surface area contributed by atoms with Crippen LogP contribution in [-0.4, -0.2) is 13.6 Å². The Hall–Kier alpha value is -0.890. The zero-order valence-electron chi connectivity index (χ0n) is 10.6. The summed E-state index contributed by atoms with van der Waals surface area (Å²) in [6.45, 7) is 0.905. The monoisotopic (exact) mass is 235 g/mol. The Balaban J connectivity index is 2.07. The molecule has 1 fully saturated rings. The summed E-state index contributed by atoms with van der Waals surface area (Å²) in [4.78, 5) is 0. The average molecular weight is 235 g/mol. The van der Waals surface area contributed by atoms with Crippen molar-refractivity contribution in [1.29, 1.82) is 0 Å². The van der Waals surface area contributed by atoms with E-state index in [0.717, 1.165) is 36.9 Å². The van der Waals surface area contributed by atoms with Crippen molar-refractivity contribution < 1.29 is 4.39 Å². The van der Waals surface area contributed by atoms with Gasteiger partial charge in [0.05, 0.1) is 0 Å². The van der Waals surface area contributed by atoms with E-state index in [0.29, 0.717) is 5.92 Å². The van der Waals surface area contributed by atoms with Crippen LogP contribution in [0, 0.1) is 5.82 Å². The molecule has 0 radical (unpaired) electrons. The Morgan fingerprint density at radius 1 is 1.24 bits per heavy atom. The van der Waals surface area contributed by atoms with Gasteiger partial charge in [-0.05, 0) is 56.0 Å². The van der Waals surface area contributed by atoms with Crippen LogP contribution in [0.3, 0.4) is 0 Å². The molecule has 0 heterocycles. The number of rotatable bonds is 4. The normalized spacial score (nSPS) is 17.3. The predicted octanol–water partition coefficient (Wildman–Crippen LogP) is 3.64. The van der Waals surface area contributed by atoms with Crippen molar-refractivity contribution in [3.8, 4) is 0 Å². The molecule has 2 heteroatoms. The molecule has 0 atom stereocenters. The summed E-state index contributed by atoms with van der Waals surface area (Å²) in [7, 11) is 1.92. The van der Waals surface area contributed by atoms with E-state index in [4.69, 9.17) is 0 Å². The fourth-order valence-corrected chi connectivity index (χ4v) is 2.74. The van der Waals surface area contributed by atoms with Crippen LogP contribution in [-0.2, 0) is 6.42 Å². The van der Waals surface area contributed by atoms with Crippen molar-refractivity contribution in [3.05, 3.63) is 35.1 Å². The Bertz CT molecular complexity index is 356. The summed E-state index contributed by atoms with van der Waals surface area (Å²) in [6.07, 6.45) is 7.05. The van der Waals surface area contributed by atoms with Gasteiger partial charge in [0.1, 0.15) is 5.82 Å². The van der Waals surface area contributed by atoms with E-state index in [-0.39, 0.29) is 5.82 Å². The molecule has 94 valence electrons. The van der Waals surface area contributed by atoms with Gasteiger partial charge in [0, 0.05) is 0 Å². The van der Waals surface area contributed by atoms with Crippen LogP contribution in [0.1, 0.15) is 49.1 Å². The van der Waals surface area contributed by atoms with Crippen LogP contribution < -0.4 is 5.32 Å². The Morgan fingerprint density at radius 2 is 2.00 bits per heavy atom. The maximum atomic E-state index is 14.0. The minimum atomic E-state index is 0.00510. The van der Waals surface area contributed by atoms with E-state index in [1.807, 2.05) is 13.1 Å². The van der Waals surface area contributed by atoms with Gasteiger partial charge in [0.25, 0.3) is 0 Å². The highest BCUT2D eigenvalue weighted by atomic mass is 19.1. The highest BCUT2D eigenvalue weighted by molar-refractivity contribution is 5.27. The number of hydrogen-bond acceptors (Lipinski definition) is 1. The van der Waals surface area contributed by atoms with Crippen LogP contribution >= 0.6 is 0 Å². The number of hydrogen-bond donors (Lipinski definition) is 1. The minimum Gasteiger partial charge on any atom is -0.319 e. The van der Waals surface area contributed by atoms with E-state index < -0.39 is 0 Å². The topological polar surface area (TPSA) is 12.0 Å². The number of halogens is 1. The predicted molar refractivity (Wildman–Crippen MR) is 69.9 cm³/mol. The number of nitrogens with one attached hydrogen (secondary N) is 1. The minimum absolute atomic E-state index is 0.00510. The van der Waals surface area contributed by atoms with E-state index in [1.165, 1.54) is 19.3 Å². The van der Waals surface area contributed by atoms with Crippen LogP contribution in [0.4, 0.5) is 4.39 Å². The molecule has 0 unspecified atom stereocenters. The summed E-state index contributed by atoms with van der Waals surface area (Å²) < 4.78 is 14.0. The summed E-state index contributed by atoms with van der Waals surface area (Å²) >= 11 is 0. The molecular weight excluding hydrogens is 213 g/mol. The highest BCUT2D eigenvalue weighted by Crippen LogP contribution is 2.34. The van der Waals surface area contributed by atoms with Gasteiger partial charge in [0.2, 0.25) is 0 Å². The summed E-state index contributed by atoms with van der Waals surface area (Å²) in [5, 5.41) is 3.09. The molecule has 17 heavy (non-hydrogen) atoms. The smallest absolute Gasteiger partial charge is 0.126 e. The molecule has 1 aromatic rings. The van der Waals surface area contributed by atoms with E-state index in [9.17, 15) is 4.39 Å². The largest absolute Gasteiger partial charge is 0.319 e. The second-order valence-corrected chi connectivity index (χ2v) is 5.04. The Kier molecular flexibility index (Phi) is 4.55. The molecule has 1 nitrogen and oxygen atoms in total. The van der Waals surface area contributed by atoms with Crippen molar-refractivity contribution >= 4 is 0 Å². The first-order valence-corrected chi connectivity index (χ1v) is 6.74. The molecule has 1 N–H and O–H groups in total. The number of benzene rings is 1. The lowest BCUT2D eigenvalue weighted by molar-refractivity contribution is 0.429. The molecule has 0 amide bonds. The third kappa shape index (κ3) is 3.29. The molecule has 1 aliphatic rings. The fourth-order valence-electron chi connectivity index (χ4n) is 2.74. The SMILES string of the molecule is CNCCc1ccc(C2CCCCC2)c(F)c1. The lowest BCUT2D eigenvalue weighted by Crippen LogP contribution is -2.11. The number of likely N-dealkylation sites (N-methyl/N-ethyl adjacent to an activating group) is 1. The quantitative estimate of drug-likeness (QED) is 0.840. The second kappa shape index (κ2) is 6.15. The molecule has 0 spiro atoms. The van der Waals surface area contributed by atoms with Crippen LogP contribution in [0.25, 0.3) is 0 Å². The average Bonchev–Trinajstić information content (AvgIpc) is 2.37. The van der Waals surface area contributed by atoms with Crippen molar-refractivity contribution in [2.75, 3.05) is 13.6 Å². The van der Waals surface area contributed by atoms with Gasteiger partial charge in [-0.15, -0.1) is 0 Å². The van der Waals surface area contributed by atoms with E-state index in [2.05, 4.69) is 11.4 Å². The summed E-state index contributed by atoms with van der Waals surface area (Å²) in [5.74, 6) is 0.465. The molecule has 0 aliphatic heterocycles. The van der Waals surface area contributed by atoms with E-state index in [1.54, 1.807) is 6.07 Å². The maximum absolute atomic E-state index is 14.0. The molecule has 0 saturated heterocycles. The van der Waals surface area contributed by atoms with Gasteiger partial charge >= 0.3 is 0 Å². The maximum Gasteiger partial charge on any atom is 0.126 e. The molecule has 1 saturated carbocycles. The summed E-state index contributed by atoms with van der Waals surface area (Å²) in [5.41, 5.74) is 2.04. The lowest BCUT2D eigenvalue weighted by atomic mass is 9.83. The fraction of sp³-hybridized carbons (Fsp3) is 0.600. The molecular formula is C15H22FN. The lowest BCUT2D eigenvalue weighted by Gasteiger charge is -2.22. The van der Waals surface area contributed by atoms with Gasteiger partial charge in [0.15, 0.2) is 0 Å². The molecule has 0 aromatic heterocycles. The summed E-state index contributed by atoms with van der Waals surface area (Å²) in [6, 6.07) is 5.82. The van der Waals surface area contributed by atoms with Crippen molar-refractivity contribution in [2.24, 2.45) is 0 Å². The van der Waals surface area contributed by atoms with Gasteiger partial charge in [-0.25, -0.2) is 4.39 Å². The standard InChI is InChI=1S/C15H22FN/c1-17-10-9-12-7-8-14(15(16)11-12)13-5-3-2-4-6-13/h7-8,11,13,17H,2-6,9-10H2,1H3. The highest BCUT2D eigenvalue weighted by Gasteiger charge is 2.18. The van der Waals surface area contributed by atoms with Crippen molar-refractivity contribution in [2.45, 2.75) is 44.4 Å². The van der Waals surface area contributed by atoms with Crippen LogP contribution in [0.5, 0.6) is 0 Å². The zero-order chi connectivity index (χ0) is 12.1. The van der Waals surface area contributed by atoms with Crippen LogP contribution in [0.2, 0.25) is 0 Å². The first-order valence-electron chi connectivity index (χ1n) is 6.74. The van der Waals surface area contributed by atoms with E-state index >= 15 is 0 Å². The van der Waals surface area contributed by atoms with Crippen LogP contribution in [0.15, 0.2) is 18.2 Å². The van der Waals surface area contributed by atoms with Crippen molar-refractivity contribution in [1.82, 2.24) is 5.32 Å².